The summed E-state index contributed by atoms with van der Waals surface area (Å²) in [6.45, 7) is -1.06. The molecule has 0 saturated carbocycles. The Morgan fingerprint density at radius 2 is 2.04 bits per heavy atom. The van der Waals surface area contributed by atoms with Gasteiger partial charge in [0.15, 0.2) is 0 Å². The number of carbonyl (C=O) groups excluding carboxylic acids is 2. The number of nitrogens with zero attached hydrogens (tertiary/aromatic N) is 1. The van der Waals surface area contributed by atoms with Gasteiger partial charge in [0.25, 0.3) is 5.91 Å². The molecule has 25 heavy (non-hydrogen) atoms. The van der Waals surface area contributed by atoms with Gasteiger partial charge in [-0.3, -0.25) is 9.59 Å². The van der Waals surface area contributed by atoms with Crippen molar-refractivity contribution in [3.05, 3.63) is 53.7 Å². The molecule has 1 aromatic heterocycles. The van der Waals surface area contributed by atoms with Crippen molar-refractivity contribution in [1.29, 1.82) is 0 Å². The fourth-order valence-electron chi connectivity index (χ4n) is 1.99. The van der Waals surface area contributed by atoms with Crippen molar-refractivity contribution in [2.45, 2.75) is 26.5 Å². The highest BCUT2D eigenvalue weighted by atomic mass is 19.3. The van der Waals surface area contributed by atoms with E-state index in [0.29, 0.717) is 17.5 Å². The van der Waals surface area contributed by atoms with Gasteiger partial charge in [0.1, 0.15) is 11.6 Å². The SMILES string of the molecule is CCC(=O)Nc1cc(C(=O)NCc2cccc(OC(F)F)c2)ccn1. The first-order chi connectivity index (χ1) is 12.0. The molecule has 0 aliphatic carbocycles. The number of nitrogens with one attached hydrogen (secondary N) is 2. The number of rotatable bonds is 7. The molecule has 0 radical (unpaired) electrons. The van der Waals surface area contributed by atoms with E-state index in [9.17, 15) is 18.4 Å². The molecule has 2 rings (SSSR count). The minimum Gasteiger partial charge on any atom is -0.435 e. The van der Waals surface area contributed by atoms with Crippen LogP contribution < -0.4 is 15.4 Å². The fourth-order valence-corrected chi connectivity index (χ4v) is 1.99. The van der Waals surface area contributed by atoms with E-state index in [1.165, 1.54) is 30.5 Å². The summed E-state index contributed by atoms with van der Waals surface area (Å²) in [5, 5.41) is 5.24. The molecule has 2 N–H and O–H groups in total. The molecule has 8 heteroatoms. The highest BCUT2D eigenvalue weighted by Crippen LogP contribution is 2.16. The number of benzene rings is 1. The van der Waals surface area contributed by atoms with Gasteiger partial charge in [-0.2, -0.15) is 8.78 Å². The Labute approximate surface area is 143 Å². The van der Waals surface area contributed by atoms with E-state index in [0.717, 1.165) is 0 Å². The summed E-state index contributed by atoms with van der Waals surface area (Å²) in [6.07, 6.45) is 1.71. The van der Waals surface area contributed by atoms with Crippen LogP contribution in [0.5, 0.6) is 5.75 Å². The van der Waals surface area contributed by atoms with Crippen molar-refractivity contribution in [1.82, 2.24) is 10.3 Å². The lowest BCUT2D eigenvalue weighted by atomic mass is 10.2. The van der Waals surface area contributed by atoms with Gasteiger partial charge in [-0.25, -0.2) is 4.98 Å². The Bertz CT molecular complexity index is 753. The smallest absolute Gasteiger partial charge is 0.387 e. The molecule has 2 amide bonds. The van der Waals surface area contributed by atoms with E-state index in [1.54, 1.807) is 19.1 Å². The maximum atomic E-state index is 12.2. The second-order valence-corrected chi connectivity index (χ2v) is 5.04. The topological polar surface area (TPSA) is 80.3 Å². The largest absolute Gasteiger partial charge is 0.435 e. The number of halogens is 2. The molecule has 0 unspecified atom stereocenters. The Balaban J connectivity index is 1.98. The van der Waals surface area contributed by atoms with Crippen LogP contribution in [0, 0.1) is 0 Å². The number of hydrogen-bond acceptors (Lipinski definition) is 4. The number of ether oxygens (including phenoxy) is 1. The van der Waals surface area contributed by atoms with Crippen LogP contribution in [0.25, 0.3) is 0 Å². The van der Waals surface area contributed by atoms with Gasteiger partial charge in [0, 0.05) is 24.7 Å². The molecule has 0 atom stereocenters. The van der Waals surface area contributed by atoms with Crippen LogP contribution in [0.15, 0.2) is 42.6 Å². The molecule has 0 saturated heterocycles. The Kier molecular flexibility index (Phi) is 6.39. The standard InChI is InChI=1S/C17H17F2N3O3/c1-2-15(23)22-14-9-12(6-7-20-14)16(24)21-10-11-4-3-5-13(8-11)25-17(18)19/h3-9,17H,2,10H2,1H3,(H,21,24)(H,20,22,23). The van der Waals surface area contributed by atoms with E-state index in [4.69, 9.17) is 0 Å². The van der Waals surface area contributed by atoms with Gasteiger partial charge in [0.2, 0.25) is 5.91 Å². The van der Waals surface area contributed by atoms with Gasteiger partial charge < -0.3 is 15.4 Å². The van der Waals surface area contributed by atoms with E-state index >= 15 is 0 Å². The maximum absolute atomic E-state index is 12.2. The molecule has 1 heterocycles. The van der Waals surface area contributed by atoms with Crippen LogP contribution >= 0.6 is 0 Å². The molecule has 0 aliphatic rings. The molecule has 132 valence electrons. The second-order valence-electron chi connectivity index (χ2n) is 5.04. The summed E-state index contributed by atoms with van der Waals surface area (Å²) in [4.78, 5) is 27.5. The predicted molar refractivity (Wildman–Crippen MR) is 87.4 cm³/mol. The van der Waals surface area contributed by atoms with Crippen LogP contribution in [0.3, 0.4) is 0 Å². The number of amides is 2. The van der Waals surface area contributed by atoms with Crippen molar-refractivity contribution in [3.8, 4) is 5.75 Å². The van der Waals surface area contributed by atoms with E-state index < -0.39 is 6.61 Å². The molecule has 0 spiro atoms. The van der Waals surface area contributed by atoms with Crippen LogP contribution in [0.4, 0.5) is 14.6 Å². The number of carbonyl (C=O) groups is 2. The number of alkyl halides is 2. The van der Waals surface area contributed by atoms with E-state index in [1.807, 2.05) is 0 Å². The summed E-state index contributed by atoms with van der Waals surface area (Å²) in [5.41, 5.74) is 0.932. The minimum absolute atomic E-state index is 0.0234. The molecular weight excluding hydrogens is 332 g/mol. The Hall–Kier alpha value is -3.03. The zero-order chi connectivity index (χ0) is 18.2. The summed E-state index contributed by atoms with van der Waals surface area (Å²) in [7, 11) is 0. The average Bonchev–Trinajstić information content (AvgIpc) is 2.59. The maximum Gasteiger partial charge on any atom is 0.387 e. The summed E-state index contributed by atoms with van der Waals surface area (Å²) >= 11 is 0. The molecule has 6 nitrogen and oxygen atoms in total. The zero-order valence-electron chi connectivity index (χ0n) is 13.5. The van der Waals surface area contributed by atoms with Crippen molar-refractivity contribution in [3.63, 3.8) is 0 Å². The van der Waals surface area contributed by atoms with Gasteiger partial charge in [-0.1, -0.05) is 19.1 Å². The van der Waals surface area contributed by atoms with Gasteiger partial charge in [-0.05, 0) is 29.8 Å². The van der Waals surface area contributed by atoms with Crippen LogP contribution in [0.1, 0.15) is 29.3 Å². The number of aromatic nitrogens is 1. The monoisotopic (exact) mass is 349 g/mol. The third kappa shape index (κ3) is 5.83. The Morgan fingerprint density at radius 3 is 2.76 bits per heavy atom. The van der Waals surface area contributed by atoms with Gasteiger partial charge >= 0.3 is 6.61 Å². The third-order valence-electron chi connectivity index (χ3n) is 3.19. The normalized spacial score (nSPS) is 10.4. The van der Waals surface area contributed by atoms with Crippen LogP contribution in [-0.4, -0.2) is 23.4 Å². The zero-order valence-corrected chi connectivity index (χ0v) is 13.5. The third-order valence-corrected chi connectivity index (χ3v) is 3.19. The lowest BCUT2D eigenvalue weighted by Crippen LogP contribution is -2.23. The first-order valence-electron chi connectivity index (χ1n) is 7.55. The first-order valence-corrected chi connectivity index (χ1v) is 7.55. The minimum atomic E-state index is -2.90. The second kappa shape index (κ2) is 8.72. The molecule has 2 aromatic rings. The Morgan fingerprint density at radius 1 is 1.24 bits per heavy atom. The summed E-state index contributed by atoms with van der Waals surface area (Å²) in [5.74, 6) is -0.280. The predicted octanol–water partition coefficient (Wildman–Crippen LogP) is 2.96. The van der Waals surface area contributed by atoms with Crippen molar-refractivity contribution in [2.24, 2.45) is 0 Å². The quantitative estimate of drug-likeness (QED) is 0.805. The molecule has 0 bridgehead atoms. The average molecular weight is 349 g/mol. The van der Waals surface area contributed by atoms with Crippen LogP contribution in [-0.2, 0) is 11.3 Å². The van der Waals surface area contributed by atoms with Gasteiger partial charge in [-0.15, -0.1) is 0 Å². The number of hydrogen-bond donors (Lipinski definition) is 2. The van der Waals surface area contributed by atoms with Crippen molar-refractivity contribution in [2.75, 3.05) is 5.32 Å². The molecule has 0 aliphatic heterocycles. The summed E-state index contributed by atoms with van der Waals surface area (Å²) < 4.78 is 28.7. The highest BCUT2D eigenvalue weighted by Gasteiger charge is 2.09. The summed E-state index contributed by atoms with van der Waals surface area (Å²) in [6, 6.07) is 9.03. The first kappa shape index (κ1) is 18.3. The fraction of sp³-hybridized carbons (Fsp3) is 0.235. The van der Waals surface area contributed by atoms with Crippen molar-refractivity contribution < 1.29 is 23.1 Å². The molecular formula is C17H17F2N3O3. The number of anilines is 1. The van der Waals surface area contributed by atoms with Crippen molar-refractivity contribution >= 4 is 17.6 Å². The van der Waals surface area contributed by atoms with Gasteiger partial charge in [0.05, 0.1) is 0 Å². The lowest BCUT2D eigenvalue weighted by molar-refractivity contribution is -0.115. The lowest BCUT2D eigenvalue weighted by Gasteiger charge is -2.09. The highest BCUT2D eigenvalue weighted by molar-refractivity contribution is 5.96. The van der Waals surface area contributed by atoms with E-state index in [-0.39, 0.29) is 29.9 Å². The number of pyridine rings is 1. The molecule has 1 aromatic carbocycles. The molecule has 0 fully saturated rings. The van der Waals surface area contributed by atoms with E-state index in [2.05, 4.69) is 20.4 Å². The van der Waals surface area contributed by atoms with Crippen LogP contribution in [0.2, 0.25) is 0 Å².